The predicted octanol–water partition coefficient (Wildman–Crippen LogP) is 2.46. The van der Waals surface area contributed by atoms with Crippen molar-refractivity contribution in [3.8, 4) is 0 Å². The standard InChI is InChI=1S/C11H10ClNO2/c1-13-6-8(12)11-7(5-10(14)15)3-2-4-9(11)13/h2-4,6H,5H2,1H3,(H,14,15). The molecule has 0 saturated carbocycles. The number of carbonyl (C=O) groups is 1. The van der Waals surface area contributed by atoms with E-state index in [1.807, 2.05) is 23.7 Å². The van der Waals surface area contributed by atoms with Crippen LogP contribution in [0.5, 0.6) is 0 Å². The number of benzene rings is 1. The molecule has 1 heterocycles. The molecule has 2 rings (SSSR count). The maximum atomic E-state index is 10.7. The second kappa shape index (κ2) is 3.59. The van der Waals surface area contributed by atoms with E-state index in [0.29, 0.717) is 5.02 Å². The van der Waals surface area contributed by atoms with Crippen LogP contribution in [0.4, 0.5) is 0 Å². The monoisotopic (exact) mass is 223 g/mol. The smallest absolute Gasteiger partial charge is 0.307 e. The van der Waals surface area contributed by atoms with E-state index in [9.17, 15) is 4.79 Å². The molecule has 15 heavy (non-hydrogen) atoms. The van der Waals surface area contributed by atoms with Gasteiger partial charge in [-0.3, -0.25) is 4.79 Å². The third kappa shape index (κ3) is 1.70. The number of aryl methyl sites for hydroxylation is 1. The molecule has 0 aliphatic carbocycles. The van der Waals surface area contributed by atoms with Crippen molar-refractivity contribution in [3.05, 3.63) is 35.0 Å². The number of rotatable bonds is 2. The number of halogens is 1. The van der Waals surface area contributed by atoms with Crippen molar-refractivity contribution in [2.24, 2.45) is 7.05 Å². The number of aromatic nitrogens is 1. The van der Waals surface area contributed by atoms with Crippen LogP contribution in [0.1, 0.15) is 5.56 Å². The lowest BCUT2D eigenvalue weighted by Gasteiger charge is -2.01. The summed E-state index contributed by atoms with van der Waals surface area (Å²) in [6.07, 6.45) is 1.79. The Balaban J connectivity index is 2.69. The summed E-state index contributed by atoms with van der Waals surface area (Å²) in [6, 6.07) is 5.56. The van der Waals surface area contributed by atoms with Gasteiger partial charge < -0.3 is 9.67 Å². The molecule has 0 spiro atoms. The maximum Gasteiger partial charge on any atom is 0.307 e. The number of hydrogen-bond acceptors (Lipinski definition) is 1. The predicted molar refractivity (Wildman–Crippen MR) is 59.3 cm³/mol. The summed E-state index contributed by atoms with van der Waals surface area (Å²) in [6.45, 7) is 0. The first-order valence-electron chi connectivity index (χ1n) is 4.54. The van der Waals surface area contributed by atoms with E-state index in [2.05, 4.69) is 0 Å². The van der Waals surface area contributed by atoms with E-state index in [1.54, 1.807) is 12.3 Å². The molecule has 0 aliphatic rings. The molecule has 1 aromatic carbocycles. The number of carboxylic acid groups (broad SMARTS) is 1. The van der Waals surface area contributed by atoms with Gasteiger partial charge in [-0.15, -0.1) is 0 Å². The van der Waals surface area contributed by atoms with Gasteiger partial charge >= 0.3 is 5.97 Å². The van der Waals surface area contributed by atoms with Crippen molar-refractivity contribution < 1.29 is 9.90 Å². The number of carboxylic acids is 1. The Morgan fingerprint density at radius 3 is 2.93 bits per heavy atom. The lowest BCUT2D eigenvalue weighted by atomic mass is 10.1. The summed E-state index contributed by atoms with van der Waals surface area (Å²) < 4.78 is 1.89. The molecule has 4 heteroatoms. The highest BCUT2D eigenvalue weighted by Crippen LogP contribution is 2.28. The molecule has 0 bridgehead atoms. The molecule has 1 N–H and O–H groups in total. The molecule has 2 aromatic rings. The molecular weight excluding hydrogens is 214 g/mol. The first kappa shape index (κ1) is 10.1. The van der Waals surface area contributed by atoms with E-state index >= 15 is 0 Å². The molecule has 1 aromatic heterocycles. The van der Waals surface area contributed by atoms with Crippen LogP contribution >= 0.6 is 11.6 Å². The van der Waals surface area contributed by atoms with Crippen LogP contribution < -0.4 is 0 Å². The minimum absolute atomic E-state index is 0.00106. The normalized spacial score (nSPS) is 10.8. The number of fused-ring (bicyclic) bond motifs is 1. The number of aliphatic carboxylic acids is 1. The molecule has 0 aliphatic heterocycles. The van der Waals surface area contributed by atoms with Gasteiger partial charge in [0.25, 0.3) is 0 Å². The largest absolute Gasteiger partial charge is 0.481 e. The Morgan fingerprint density at radius 1 is 1.53 bits per heavy atom. The van der Waals surface area contributed by atoms with Crippen molar-refractivity contribution in [1.29, 1.82) is 0 Å². The summed E-state index contributed by atoms with van der Waals surface area (Å²) in [5.74, 6) is -0.845. The average molecular weight is 224 g/mol. The van der Waals surface area contributed by atoms with Crippen molar-refractivity contribution >= 4 is 28.5 Å². The van der Waals surface area contributed by atoms with E-state index in [-0.39, 0.29) is 6.42 Å². The second-order valence-electron chi connectivity index (χ2n) is 3.47. The van der Waals surface area contributed by atoms with Crippen molar-refractivity contribution in [3.63, 3.8) is 0 Å². The molecule has 3 nitrogen and oxygen atoms in total. The van der Waals surface area contributed by atoms with Gasteiger partial charge in [0.15, 0.2) is 0 Å². The molecule has 78 valence electrons. The molecular formula is C11H10ClNO2. The van der Waals surface area contributed by atoms with Gasteiger partial charge in [-0.25, -0.2) is 0 Å². The highest BCUT2D eigenvalue weighted by atomic mass is 35.5. The van der Waals surface area contributed by atoms with Gasteiger partial charge in [0.1, 0.15) is 0 Å². The molecule has 0 amide bonds. The summed E-state index contributed by atoms with van der Waals surface area (Å²) >= 11 is 6.05. The van der Waals surface area contributed by atoms with E-state index < -0.39 is 5.97 Å². The topological polar surface area (TPSA) is 42.2 Å². The van der Waals surface area contributed by atoms with Gasteiger partial charge in [-0.1, -0.05) is 23.7 Å². The van der Waals surface area contributed by atoms with Gasteiger partial charge in [0.05, 0.1) is 11.4 Å². The lowest BCUT2D eigenvalue weighted by Crippen LogP contribution is -2.00. The maximum absolute atomic E-state index is 10.7. The fourth-order valence-electron chi connectivity index (χ4n) is 1.77. The molecule has 0 radical (unpaired) electrons. The quantitative estimate of drug-likeness (QED) is 0.850. The summed E-state index contributed by atoms with van der Waals surface area (Å²) in [5.41, 5.74) is 1.71. The van der Waals surface area contributed by atoms with Gasteiger partial charge in [0.2, 0.25) is 0 Å². The summed E-state index contributed by atoms with van der Waals surface area (Å²) in [7, 11) is 1.89. The Morgan fingerprint density at radius 2 is 2.27 bits per heavy atom. The molecule has 0 unspecified atom stereocenters. The van der Waals surface area contributed by atoms with Gasteiger partial charge in [-0.05, 0) is 11.6 Å². The van der Waals surface area contributed by atoms with E-state index in [1.165, 1.54) is 0 Å². The highest BCUT2D eigenvalue weighted by Gasteiger charge is 2.11. The minimum Gasteiger partial charge on any atom is -0.481 e. The first-order chi connectivity index (χ1) is 7.09. The Kier molecular flexibility index (Phi) is 2.40. The molecule has 0 atom stereocenters. The lowest BCUT2D eigenvalue weighted by molar-refractivity contribution is -0.136. The van der Waals surface area contributed by atoms with Crippen LogP contribution in [-0.4, -0.2) is 15.6 Å². The van der Waals surface area contributed by atoms with Crippen molar-refractivity contribution in [2.45, 2.75) is 6.42 Å². The van der Waals surface area contributed by atoms with Crippen LogP contribution in [0.3, 0.4) is 0 Å². The summed E-state index contributed by atoms with van der Waals surface area (Å²) in [5, 5.41) is 10.2. The Hall–Kier alpha value is -1.48. The fraction of sp³-hybridized carbons (Fsp3) is 0.182. The Labute approximate surface area is 91.9 Å². The SMILES string of the molecule is Cn1cc(Cl)c2c(CC(=O)O)cccc21. The fourth-order valence-corrected chi connectivity index (χ4v) is 2.14. The highest BCUT2D eigenvalue weighted by molar-refractivity contribution is 6.36. The average Bonchev–Trinajstić information content (AvgIpc) is 2.43. The third-order valence-corrected chi connectivity index (χ3v) is 2.68. The zero-order valence-electron chi connectivity index (χ0n) is 8.20. The minimum atomic E-state index is -0.845. The Bertz CT molecular complexity index is 531. The molecule has 0 saturated heterocycles. The van der Waals surface area contributed by atoms with E-state index in [0.717, 1.165) is 16.5 Å². The van der Waals surface area contributed by atoms with Gasteiger partial charge in [-0.2, -0.15) is 0 Å². The van der Waals surface area contributed by atoms with Crippen LogP contribution in [0.2, 0.25) is 5.02 Å². The van der Waals surface area contributed by atoms with Crippen LogP contribution in [0.15, 0.2) is 24.4 Å². The zero-order chi connectivity index (χ0) is 11.0. The van der Waals surface area contributed by atoms with Gasteiger partial charge in [0, 0.05) is 24.1 Å². The van der Waals surface area contributed by atoms with Crippen LogP contribution in [0.25, 0.3) is 10.9 Å². The van der Waals surface area contributed by atoms with Crippen molar-refractivity contribution in [2.75, 3.05) is 0 Å². The summed E-state index contributed by atoms with van der Waals surface area (Å²) in [4.78, 5) is 10.7. The number of nitrogens with zero attached hydrogens (tertiary/aromatic N) is 1. The number of hydrogen-bond donors (Lipinski definition) is 1. The first-order valence-corrected chi connectivity index (χ1v) is 4.91. The third-order valence-electron chi connectivity index (χ3n) is 2.40. The van der Waals surface area contributed by atoms with E-state index in [4.69, 9.17) is 16.7 Å². The molecule has 0 fully saturated rings. The zero-order valence-corrected chi connectivity index (χ0v) is 8.95. The van der Waals surface area contributed by atoms with Crippen LogP contribution in [-0.2, 0) is 18.3 Å². The van der Waals surface area contributed by atoms with Crippen LogP contribution in [0, 0.1) is 0 Å². The second-order valence-corrected chi connectivity index (χ2v) is 3.88. The van der Waals surface area contributed by atoms with Crippen molar-refractivity contribution in [1.82, 2.24) is 4.57 Å².